The highest BCUT2D eigenvalue weighted by molar-refractivity contribution is 5.94. The van der Waals surface area contributed by atoms with Crippen molar-refractivity contribution in [3.05, 3.63) is 72.6 Å². The number of carbonyl (C=O) groups excluding carboxylic acids is 2. The highest BCUT2D eigenvalue weighted by Crippen LogP contribution is 2.19. The number of para-hydroxylation sites is 3. The third kappa shape index (κ3) is 4.95. The van der Waals surface area contributed by atoms with Crippen LogP contribution in [0, 0.1) is 0 Å². The Balaban J connectivity index is 1.78. The normalized spacial score (nSPS) is 10.7. The average molecular weight is 405 g/mol. The molecule has 0 atom stereocenters. The van der Waals surface area contributed by atoms with Crippen LogP contribution in [0.3, 0.4) is 0 Å². The molecule has 1 N–H and O–H groups in total. The lowest BCUT2D eigenvalue weighted by molar-refractivity contribution is -0.119. The van der Waals surface area contributed by atoms with Crippen molar-refractivity contribution in [2.45, 2.75) is 33.2 Å². The number of carbonyl (C=O) groups is 2. The Kier molecular flexibility index (Phi) is 7.01. The number of anilines is 1. The first-order valence-electron chi connectivity index (χ1n) is 10.2. The molecule has 2 aromatic carbocycles. The number of nitrogens with zero attached hydrogens (tertiary/aromatic N) is 3. The molecule has 0 aliphatic heterocycles. The Hall–Kier alpha value is -3.41. The van der Waals surface area contributed by atoms with Gasteiger partial charge in [-0.1, -0.05) is 36.9 Å². The molecule has 0 aliphatic rings. The first-order valence-corrected chi connectivity index (χ1v) is 10.2. The van der Waals surface area contributed by atoms with E-state index in [1.54, 1.807) is 11.8 Å². The van der Waals surface area contributed by atoms with Crippen LogP contribution in [-0.4, -0.2) is 34.5 Å². The van der Waals surface area contributed by atoms with Crippen LogP contribution in [0.4, 0.5) is 5.69 Å². The fraction of sp³-hybridized carbons (Fsp3) is 0.292. The quantitative estimate of drug-likeness (QED) is 0.437. The monoisotopic (exact) mass is 404 g/mol. The van der Waals surface area contributed by atoms with Crippen LogP contribution < -0.4 is 10.2 Å². The summed E-state index contributed by atoms with van der Waals surface area (Å²) in [5.74, 6) is 0.724. The minimum atomic E-state index is -0.139. The van der Waals surface area contributed by atoms with Gasteiger partial charge in [0.15, 0.2) is 0 Å². The number of rotatable bonds is 9. The Morgan fingerprint density at radius 2 is 1.80 bits per heavy atom. The Bertz CT molecular complexity index is 1040. The minimum absolute atomic E-state index is 0.0173. The van der Waals surface area contributed by atoms with Crippen molar-refractivity contribution in [1.82, 2.24) is 14.9 Å². The predicted molar refractivity (Wildman–Crippen MR) is 120 cm³/mol. The lowest BCUT2D eigenvalue weighted by Crippen LogP contribution is -2.34. The summed E-state index contributed by atoms with van der Waals surface area (Å²) < 4.78 is 1.99. The van der Waals surface area contributed by atoms with E-state index in [9.17, 15) is 9.59 Å². The molecule has 0 bridgehead atoms. The molecule has 0 saturated carbocycles. The van der Waals surface area contributed by atoms with Gasteiger partial charge in [-0.2, -0.15) is 0 Å². The molecule has 0 unspecified atom stereocenters. The summed E-state index contributed by atoms with van der Waals surface area (Å²) in [6.45, 7) is 8.66. The van der Waals surface area contributed by atoms with Crippen LogP contribution in [0.1, 0.15) is 26.1 Å². The summed E-state index contributed by atoms with van der Waals surface area (Å²) >= 11 is 0. The number of aromatic nitrogens is 2. The molecule has 0 saturated heterocycles. The van der Waals surface area contributed by atoms with Gasteiger partial charge in [-0.15, -0.1) is 0 Å². The van der Waals surface area contributed by atoms with Gasteiger partial charge in [-0.05, 0) is 44.5 Å². The zero-order valence-electron chi connectivity index (χ0n) is 17.6. The Labute approximate surface area is 177 Å². The van der Waals surface area contributed by atoms with Gasteiger partial charge in [0.25, 0.3) is 0 Å². The van der Waals surface area contributed by atoms with Gasteiger partial charge >= 0.3 is 0 Å². The largest absolute Gasteiger partial charge is 0.352 e. The molecule has 3 rings (SSSR count). The molecule has 30 heavy (non-hydrogen) atoms. The van der Waals surface area contributed by atoms with Crippen LogP contribution in [-0.2, 0) is 22.6 Å². The number of likely N-dealkylation sites (N-methyl/N-ethyl adjacent to an activating group) is 1. The Morgan fingerprint density at radius 1 is 1.10 bits per heavy atom. The molecule has 3 aromatic rings. The number of amides is 2. The average Bonchev–Trinajstić information content (AvgIpc) is 3.09. The van der Waals surface area contributed by atoms with E-state index >= 15 is 0 Å². The van der Waals surface area contributed by atoms with Gasteiger partial charge in [-0.3, -0.25) is 9.59 Å². The SMILES string of the molecule is C=C(C)C(=O)NCCCc1nc2ccccc2n1CC(=O)N(CC)c1ccccc1. The molecular weight excluding hydrogens is 376 g/mol. The number of nitrogens with one attached hydrogen (secondary N) is 1. The van der Waals surface area contributed by atoms with Gasteiger partial charge in [0.2, 0.25) is 11.8 Å². The van der Waals surface area contributed by atoms with Crippen molar-refractivity contribution in [3.63, 3.8) is 0 Å². The first-order chi connectivity index (χ1) is 14.5. The van der Waals surface area contributed by atoms with Crippen LogP contribution in [0.5, 0.6) is 0 Å². The van der Waals surface area contributed by atoms with E-state index in [2.05, 4.69) is 11.9 Å². The maximum absolute atomic E-state index is 13.1. The van der Waals surface area contributed by atoms with Crippen LogP contribution in [0.2, 0.25) is 0 Å². The van der Waals surface area contributed by atoms with E-state index in [4.69, 9.17) is 4.98 Å². The number of hydrogen-bond donors (Lipinski definition) is 1. The van der Waals surface area contributed by atoms with Gasteiger partial charge in [0.1, 0.15) is 12.4 Å². The van der Waals surface area contributed by atoms with E-state index in [-0.39, 0.29) is 18.4 Å². The second kappa shape index (κ2) is 9.87. The standard InChI is InChI=1S/C24H28N4O2/c1-4-27(19-11-6-5-7-12-19)23(29)17-28-21-14-9-8-13-20(21)26-22(28)15-10-16-25-24(30)18(2)3/h5-9,11-14H,2,4,10,15-17H2,1,3H3,(H,25,30). The molecule has 6 heteroatoms. The summed E-state index contributed by atoms with van der Waals surface area (Å²) in [6.07, 6.45) is 1.39. The molecule has 1 aromatic heterocycles. The van der Waals surface area contributed by atoms with Gasteiger partial charge in [-0.25, -0.2) is 4.98 Å². The summed E-state index contributed by atoms with van der Waals surface area (Å²) in [7, 11) is 0. The van der Waals surface area contributed by atoms with Crippen molar-refractivity contribution in [1.29, 1.82) is 0 Å². The topological polar surface area (TPSA) is 67.2 Å². The first kappa shape index (κ1) is 21.3. The number of aryl methyl sites for hydroxylation is 1. The van der Waals surface area contributed by atoms with Crippen LogP contribution in [0.25, 0.3) is 11.0 Å². The molecular formula is C24H28N4O2. The van der Waals surface area contributed by atoms with Gasteiger partial charge in [0, 0.05) is 30.8 Å². The van der Waals surface area contributed by atoms with E-state index in [0.29, 0.717) is 25.1 Å². The highest BCUT2D eigenvalue weighted by atomic mass is 16.2. The van der Waals surface area contributed by atoms with E-state index in [1.165, 1.54) is 0 Å². The zero-order valence-corrected chi connectivity index (χ0v) is 17.6. The number of imidazole rings is 1. The summed E-state index contributed by atoms with van der Waals surface area (Å²) in [6, 6.07) is 17.5. The second-order valence-corrected chi connectivity index (χ2v) is 7.22. The summed E-state index contributed by atoms with van der Waals surface area (Å²) in [4.78, 5) is 31.3. The number of benzene rings is 2. The van der Waals surface area contributed by atoms with E-state index in [1.807, 2.05) is 66.1 Å². The maximum Gasteiger partial charge on any atom is 0.246 e. The lowest BCUT2D eigenvalue weighted by Gasteiger charge is -2.22. The smallest absolute Gasteiger partial charge is 0.246 e. The second-order valence-electron chi connectivity index (χ2n) is 7.22. The highest BCUT2D eigenvalue weighted by Gasteiger charge is 2.18. The zero-order chi connectivity index (χ0) is 21.5. The van der Waals surface area contributed by atoms with Gasteiger partial charge < -0.3 is 14.8 Å². The summed E-state index contributed by atoms with van der Waals surface area (Å²) in [5, 5.41) is 2.84. The van der Waals surface area contributed by atoms with Crippen molar-refractivity contribution < 1.29 is 9.59 Å². The predicted octanol–water partition coefficient (Wildman–Crippen LogP) is 3.71. The maximum atomic E-state index is 13.1. The molecule has 2 amide bonds. The number of fused-ring (bicyclic) bond motifs is 1. The van der Waals surface area contributed by atoms with Crippen molar-refractivity contribution >= 4 is 28.5 Å². The molecule has 0 fully saturated rings. The molecule has 1 heterocycles. The minimum Gasteiger partial charge on any atom is -0.352 e. The van der Waals surface area contributed by atoms with Crippen LogP contribution >= 0.6 is 0 Å². The van der Waals surface area contributed by atoms with Gasteiger partial charge in [0.05, 0.1) is 11.0 Å². The fourth-order valence-electron chi connectivity index (χ4n) is 3.42. The van der Waals surface area contributed by atoms with Crippen molar-refractivity contribution in [3.8, 4) is 0 Å². The van der Waals surface area contributed by atoms with Crippen molar-refractivity contribution in [2.24, 2.45) is 0 Å². The van der Waals surface area contributed by atoms with Crippen LogP contribution in [0.15, 0.2) is 66.7 Å². The molecule has 0 spiro atoms. The Morgan fingerprint density at radius 3 is 2.50 bits per heavy atom. The lowest BCUT2D eigenvalue weighted by atomic mass is 10.2. The molecule has 6 nitrogen and oxygen atoms in total. The van der Waals surface area contributed by atoms with E-state index in [0.717, 1.165) is 29.0 Å². The third-order valence-electron chi connectivity index (χ3n) is 4.96. The van der Waals surface area contributed by atoms with Crippen molar-refractivity contribution in [2.75, 3.05) is 18.0 Å². The molecule has 0 radical (unpaired) electrons. The fourth-order valence-corrected chi connectivity index (χ4v) is 3.42. The number of hydrogen-bond acceptors (Lipinski definition) is 3. The third-order valence-corrected chi connectivity index (χ3v) is 4.96. The molecule has 0 aliphatic carbocycles. The molecule has 156 valence electrons. The van der Waals surface area contributed by atoms with E-state index < -0.39 is 0 Å². The summed E-state index contributed by atoms with van der Waals surface area (Å²) in [5.41, 5.74) is 3.19.